The lowest BCUT2D eigenvalue weighted by atomic mass is 9.65. The van der Waals surface area contributed by atoms with Crippen LogP contribution in [0.25, 0.3) is 11.1 Å². The Labute approximate surface area is 162 Å². The Morgan fingerprint density at radius 3 is 2.50 bits per heavy atom. The third-order valence-corrected chi connectivity index (χ3v) is 6.24. The van der Waals surface area contributed by atoms with Crippen LogP contribution in [0.2, 0.25) is 0 Å². The van der Waals surface area contributed by atoms with E-state index in [9.17, 15) is 13.2 Å². The molecule has 3 unspecified atom stereocenters. The summed E-state index contributed by atoms with van der Waals surface area (Å²) in [5.74, 6) is -0.0447. The van der Waals surface area contributed by atoms with Crippen molar-refractivity contribution in [2.45, 2.75) is 44.6 Å². The highest BCUT2D eigenvalue weighted by Crippen LogP contribution is 2.49. The van der Waals surface area contributed by atoms with E-state index < -0.39 is 18.2 Å². The first-order valence-corrected chi connectivity index (χ1v) is 9.66. The monoisotopic (exact) mass is 390 g/mol. The van der Waals surface area contributed by atoms with Crippen LogP contribution in [0.4, 0.5) is 17.6 Å². The zero-order chi connectivity index (χ0) is 19.8. The third kappa shape index (κ3) is 3.43. The number of rotatable bonds is 4. The molecule has 0 radical (unpaired) electrons. The summed E-state index contributed by atoms with van der Waals surface area (Å²) in [5, 5.41) is 0. The van der Waals surface area contributed by atoms with Crippen LogP contribution in [0.1, 0.15) is 42.7 Å². The van der Waals surface area contributed by atoms with Gasteiger partial charge in [-0.2, -0.15) is 8.78 Å². The topological polar surface area (TPSA) is 9.23 Å². The molecule has 1 saturated carbocycles. The summed E-state index contributed by atoms with van der Waals surface area (Å²) in [6, 6.07) is 6.90. The molecule has 28 heavy (non-hydrogen) atoms. The second-order valence-corrected chi connectivity index (χ2v) is 7.73. The molecule has 2 aromatic carbocycles. The molecule has 148 valence electrons. The van der Waals surface area contributed by atoms with Gasteiger partial charge in [0.2, 0.25) is 0 Å². The Kier molecular flexibility index (Phi) is 5.17. The van der Waals surface area contributed by atoms with Crippen LogP contribution in [0, 0.1) is 23.5 Å². The first kappa shape index (κ1) is 19.0. The lowest BCUT2D eigenvalue weighted by Crippen LogP contribution is -2.28. The predicted octanol–water partition coefficient (Wildman–Crippen LogP) is 6.87. The number of hydrogen-bond acceptors (Lipinski definition) is 1. The minimum Gasteiger partial charge on any atom is -0.435 e. The highest BCUT2D eigenvalue weighted by atomic mass is 19.3. The summed E-state index contributed by atoms with van der Waals surface area (Å²) >= 11 is 0. The van der Waals surface area contributed by atoms with E-state index in [4.69, 9.17) is 0 Å². The second kappa shape index (κ2) is 7.61. The number of ether oxygens (including phenoxy) is 1. The van der Waals surface area contributed by atoms with Gasteiger partial charge >= 0.3 is 6.61 Å². The highest BCUT2D eigenvalue weighted by Gasteiger charge is 2.36. The van der Waals surface area contributed by atoms with Gasteiger partial charge in [-0.3, -0.25) is 0 Å². The lowest BCUT2D eigenvalue weighted by molar-refractivity contribution is -0.0498. The zero-order valence-electron chi connectivity index (χ0n) is 15.4. The molecule has 0 aromatic heterocycles. The maximum absolute atomic E-state index is 15.3. The molecule has 3 atom stereocenters. The smallest absolute Gasteiger partial charge is 0.387 e. The van der Waals surface area contributed by atoms with E-state index in [2.05, 4.69) is 11.3 Å². The molecule has 5 heteroatoms. The molecule has 0 N–H and O–H groups in total. The summed E-state index contributed by atoms with van der Waals surface area (Å²) < 4.78 is 59.1. The summed E-state index contributed by atoms with van der Waals surface area (Å²) in [6.07, 6.45) is 6.44. The molecule has 2 aromatic rings. The minimum absolute atomic E-state index is 0.0423. The SMILES string of the molecule is C=CC1CCC2c3cc(F)c(-c4ccc(OC(F)F)cc4)c(F)c3CCC2C1. The number of benzene rings is 2. The zero-order valence-corrected chi connectivity index (χ0v) is 15.4. The normalized spacial score (nSPS) is 23.8. The van der Waals surface area contributed by atoms with E-state index in [-0.39, 0.29) is 17.2 Å². The third-order valence-electron chi connectivity index (χ3n) is 6.24. The van der Waals surface area contributed by atoms with Crippen molar-refractivity contribution in [1.29, 1.82) is 0 Å². The van der Waals surface area contributed by atoms with Gasteiger partial charge in [0.25, 0.3) is 0 Å². The van der Waals surface area contributed by atoms with Crippen molar-refractivity contribution >= 4 is 0 Å². The maximum Gasteiger partial charge on any atom is 0.387 e. The molecule has 2 aliphatic rings. The molecule has 1 nitrogen and oxygen atoms in total. The van der Waals surface area contributed by atoms with Crippen molar-refractivity contribution in [3.63, 3.8) is 0 Å². The van der Waals surface area contributed by atoms with Crippen LogP contribution < -0.4 is 4.74 Å². The summed E-state index contributed by atoms with van der Waals surface area (Å²) in [7, 11) is 0. The molecule has 0 spiro atoms. The van der Waals surface area contributed by atoms with Crippen LogP contribution in [0.3, 0.4) is 0 Å². The van der Waals surface area contributed by atoms with Crippen molar-refractivity contribution in [3.8, 4) is 16.9 Å². The van der Waals surface area contributed by atoms with Gasteiger partial charge in [0, 0.05) is 0 Å². The Balaban J connectivity index is 1.68. The lowest BCUT2D eigenvalue weighted by Gasteiger charge is -2.40. The molecular weight excluding hydrogens is 368 g/mol. The van der Waals surface area contributed by atoms with E-state index in [1.807, 2.05) is 6.08 Å². The van der Waals surface area contributed by atoms with Crippen molar-refractivity contribution < 1.29 is 22.3 Å². The molecule has 0 heterocycles. The minimum atomic E-state index is -2.94. The summed E-state index contributed by atoms with van der Waals surface area (Å²) in [5.41, 5.74) is 1.62. The highest BCUT2D eigenvalue weighted by molar-refractivity contribution is 5.68. The number of halogens is 4. The number of alkyl halides is 2. The second-order valence-electron chi connectivity index (χ2n) is 7.73. The molecule has 0 amide bonds. The van der Waals surface area contributed by atoms with Gasteiger partial charge in [0.05, 0.1) is 5.56 Å². The van der Waals surface area contributed by atoms with E-state index in [1.54, 1.807) is 0 Å². The summed E-state index contributed by atoms with van der Waals surface area (Å²) in [4.78, 5) is 0. The van der Waals surface area contributed by atoms with Gasteiger partial charge < -0.3 is 4.74 Å². The van der Waals surface area contributed by atoms with E-state index in [0.29, 0.717) is 29.4 Å². The maximum atomic E-state index is 15.3. The number of fused-ring (bicyclic) bond motifs is 3. The van der Waals surface area contributed by atoms with E-state index in [0.717, 1.165) is 31.2 Å². The molecular formula is C23H22F4O. The van der Waals surface area contributed by atoms with Crippen molar-refractivity contribution in [2.24, 2.45) is 11.8 Å². The molecule has 0 aliphatic heterocycles. The van der Waals surface area contributed by atoms with Crippen LogP contribution >= 0.6 is 0 Å². The van der Waals surface area contributed by atoms with E-state index >= 15 is 4.39 Å². The van der Waals surface area contributed by atoms with Crippen molar-refractivity contribution in [3.05, 3.63) is 65.7 Å². The van der Waals surface area contributed by atoms with Crippen LogP contribution in [-0.2, 0) is 6.42 Å². The standard InChI is InChI=1S/C23H22F4O/c1-2-13-3-9-17-15(11-13)6-10-18-19(17)12-20(24)21(22(18)25)14-4-7-16(8-5-14)28-23(26)27/h2,4-5,7-8,12-13,15,17,23H,1,3,6,9-11H2. The summed E-state index contributed by atoms with van der Waals surface area (Å²) in [6.45, 7) is 0.953. The number of hydrogen-bond donors (Lipinski definition) is 0. The van der Waals surface area contributed by atoms with E-state index in [1.165, 1.54) is 30.3 Å². The Morgan fingerprint density at radius 2 is 1.82 bits per heavy atom. The average molecular weight is 390 g/mol. The van der Waals surface area contributed by atoms with Gasteiger partial charge in [0.1, 0.15) is 17.4 Å². The predicted molar refractivity (Wildman–Crippen MR) is 101 cm³/mol. The Hall–Kier alpha value is -2.30. The largest absolute Gasteiger partial charge is 0.435 e. The van der Waals surface area contributed by atoms with Gasteiger partial charge in [-0.1, -0.05) is 18.2 Å². The quantitative estimate of drug-likeness (QED) is 0.409. The first-order valence-electron chi connectivity index (χ1n) is 9.66. The fraction of sp³-hybridized carbons (Fsp3) is 0.391. The Morgan fingerprint density at radius 1 is 1.07 bits per heavy atom. The first-order chi connectivity index (χ1) is 13.5. The van der Waals surface area contributed by atoms with Crippen molar-refractivity contribution in [2.75, 3.05) is 0 Å². The van der Waals surface area contributed by atoms with Crippen LogP contribution in [0.5, 0.6) is 5.75 Å². The van der Waals surface area contributed by atoms with Crippen LogP contribution in [0.15, 0.2) is 43.0 Å². The van der Waals surface area contributed by atoms with Gasteiger partial charge in [-0.15, -0.1) is 6.58 Å². The molecule has 2 aliphatic carbocycles. The molecule has 1 fully saturated rings. The fourth-order valence-electron chi connectivity index (χ4n) is 4.90. The molecule has 4 rings (SSSR count). The number of allylic oxidation sites excluding steroid dienone is 1. The molecule has 0 saturated heterocycles. The Bertz CT molecular complexity index is 875. The van der Waals surface area contributed by atoms with Gasteiger partial charge in [0.15, 0.2) is 0 Å². The average Bonchev–Trinajstić information content (AvgIpc) is 2.68. The fourth-order valence-corrected chi connectivity index (χ4v) is 4.90. The molecule has 0 bridgehead atoms. The van der Waals surface area contributed by atoms with Crippen molar-refractivity contribution in [1.82, 2.24) is 0 Å². The van der Waals surface area contributed by atoms with Gasteiger partial charge in [-0.25, -0.2) is 8.78 Å². The van der Waals surface area contributed by atoms with Crippen LogP contribution in [-0.4, -0.2) is 6.61 Å². The van der Waals surface area contributed by atoms with Gasteiger partial charge in [-0.05, 0) is 84.7 Å².